The molecule has 0 aliphatic carbocycles. The average Bonchev–Trinajstić information content (AvgIpc) is 2.74. The lowest BCUT2D eigenvalue weighted by atomic mass is 10.1. The standard InChI is InChI=1S/C22H23ClN4O3/c1-15-12-26-21(24-10-9-16-5-3-2-4-6-16)22(30)27(15)14-20(29)25-13-17-11-18(23)7-8-19(17)28/h2-8,11-12,28H,9-10,13-14H2,1H3,(H,24,26)(H,25,29). The Kier molecular flexibility index (Phi) is 7.08. The molecule has 0 saturated heterocycles. The highest BCUT2D eigenvalue weighted by Gasteiger charge is 2.12. The molecule has 30 heavy (non-hydrogen) atoms. The molecule has 0 radical (unpaired) electrons. The van der Waals surface area contributed by atoms with Crippen LogP contribution in [0.15, 0.2) is 59.5 Å². The summed E-state index contributed by atoms with van der Waals surface area (Å²) >= 11 is 5.92. The van der Waals surface area contributed by atoms with Crippen LogP contribution in [0.3, 0.4) is 0 Å². The second-order valence-electron chi connectivity index (χ2n) is 6.85. The van der Waals surface area contributed by atoms with Gasteiger partial charge in [-0.15, -0.1) is 0 Å². The van der Waals surface area contributed by atoms with Crippen LogP contribution in [0.25, 0.3) is 0 Å². The molecular formula is C22H23ClN4O3. The summed E-state index contributed by atoms with van der Waals surface area (Å²) in [6.45, 7) is 2.22. The molecule has 0 bridgehead atoms. The lowest BCUT2D eigenvalue weighted by Gasteiger charge is -2.13. The van der Waals surface area contributed by atoms with Crippen molar-refractivity contribution >= 4 is 23.3 Å². The second kappa shape index (κ2) is 9.93. The first-order valence-corrected chi connectivity index (χ1v) is 9.90. The van der Waals surface area contributed by atoms with Gasteiger partial charge in [-0.25, -0.2) is 4.98 Å². The highest BCUT2D eigenvalue weighted by molar-refractivity contribution is 6.30. The number of carbonyl (C=O) groups excluding carboxylic acids is 1. The highest BCUT2D eigenvalue weighted by atomic mass is 35.5. The molecular weight excluding hydrogens is 404 g/mol. The van der Waals surface area contributed by atoms with Gasteiger partial charge >= 0.3 is 0 Å². The number of phenolic OH excluding ortho intramolecular Hbond substituents is 1. The van der Waals surface area contributed by atoms with Crippen molar-refractivity contribution in [3.63, 3.8) is 0 Å². The first kappa shape index (κ1) is 21.4. The number of benzene rings is 2. The molecule has 0 unspecified atom stereocenters. The number of aromatic hydroxyl groups is 1. The second-order valence-corrected chi connectivity index (χ2v) is 7.29. The van der Waals surface area contributed by atoms with Gasteiger partial charge in [-0.3, -0.25) is 14.2 Å². The van der Waals surface area contributed by atoms with Gasteiger partial charge in [0.05, 0.1) is 0 Å². The maximum Gasteiger partial charge on any atom is 0.293 e. The van der Waals surface area contributed by atoms with Crippen molar-refractivity contribution in [3.05, 3.63) is 86.9 Å². The van der Waals surface area contributed by atoms with Gasteiger partial charge in [0.2, 0.25) is 5.91 Å². The largest absolute Gasteiger partial charge is 0.508 e. The monoisotopic (exact) mass is 426 g/mol. The Morgan fingerprint density at radius 2 is 1.97 bits per heavy atom. The third-order valence-corrected chi connectivity index (χ3v) is 4.86. The van der Waals surface area contributed by atoms with E-state index in [1.165, 1.54) is 10.6 Å². The van der Waals surface area contributed by atoms with E-state index in [1.807, 2.05) is 30.3 Å². The molecule has 3 N–H and O–H groups in total. The number of halogens is 1. The SMILES string of the molecule is Cc1cnc(NCCc2ccccc2)c(=O)n1CC(=O)NCc1cc(Cl)ccc1O. The molecule has 0 saturated carbocycles. The lowest BCUT2D eigenvalue weighted by molar-refractivity contribution is -0.121. The van der Waals surface area contributed by atoms with Crippen molar-refractivity contribution in [2.24, 2.45) is 0 Å². The number of hydrogen-bond acceptors (Lipinski definition) is 5. The van der Waals surface area contributed by atoms with Crippen LogP contribution >= 0.6 is 11.6 Å². The summed E-state index contributed by atoms with van der Waals surface area (Å²) < 4.78 is 1.37. The summed E-state index contributed by atoms with van der Waals surface area (Å²) in [7, 11) is 0. The van der Waals surface area contributed by atoms with Crippen LogP contribution in [0, 0.1) is 6.92 Å². The molecule has 0 spiro atoms. The molecule has 0 atom stereocenters. The zero-order valence-corrected chi connectivity index (χ0v) is 17.3. The van der Waals surface area contributed by atoms with E-state index < -0.39 is 0 Å². The van der Waals surface area contributed by atoms with Crippen LogP contribution in [-0.4, -0.2) is 27.1 Å². The predicted molar refractivity (Wildman–Crippen MR) is 117 cm³/mol. The highest BCUT2D eigenvalue weighted by Crippen LogP contribution is 2.21. The maximum atomic E-state index is 12.7. The van der Waals surface area contributed by atoms with E-state index >= 15 is 0 Å². The van der Waals surface area contributed by atoms with E-state index in [0.29, 0.717) is 22.8 Å². The van der Waals surface area contributed by atoms with Gasteiger partial charge in [0, 0.05) is 35.6 Å². The summed E-state index contributed by atoms with van der Waals surface area (Å²) in [5.74, 6) is -0.111. The number of carbonyl (C=O) groups is 1. The third kappa shape index (κ3) is 5.61. The fourth-order valence-electron chi connectivity index (χ4n) is 2.95. The van der Waals surface area contributed by atoms with Crippen molar-refractivity contribution in [2.45, 2.75) is 26.4 Å². The minimum atomic E-state index is -0.360. The molecule has 1 aromatic heterocycles. The van der Waals surface area contributed by atoms with Gasteiger partial charge < -0.3 is 15.7 Å². The Morgan fingerprint density at radius 3 is 2.73 bits per heavy atom. The molecule has 8 heteroatoms. The maximum absolute atomic E-state index is 12.7. The van der Waals surface area contributed by atoms with E-state index in [1.54, 1.807) is 25.3 Å². The number of rotatable bonds is 8. The number of aromatic nitrogens is 2. The number of amides is 1. The molecule has 3 rings (SSSR count). The fraction of sp³-hybridized carbons (Fsp3) is 0.227. The number of anilines is 1. The predicted octanol–water partition coefficient (Wildman–Crippen LogP) is 2.88. The van der Waals surface area contributed by atoms with E-state index in [2.05, 4.69) is 15.6 Å². The normalized spacial score (nSPS) is 10.6. The van der Waals surface area contributed by atoms with Crippen LogP contribution in [-0.2, 0) is 24.3 Å². The number of nitrogens with one attached hydrogen (secondary N) is 2. The van der Waals surface area contributed by atoms with Gasteiger partial charge in [0.25, 0.3) is 5.56 Å². The molecule has 0 fully saturated rings. The van der Waals surface area contributed by atoms with Crippen LogP contribution < -0.4 is 16.2 Å². The summed E-state index contributed by atoms with van der Waals surface area (Å²) in [6.07, 6.45) is 2.31. The molecule has 0 aliphatic heterocycles. The van der Waals surface area contributed by atoms with Crippen molar-refractivity contribution in [3.8, 4) is 5.75 Å². The number of phenols is 1. The number of aryl methyl sites for hydroxylation is 1. The minimum absolute atomic E-state index is 0.0434. The Bertz CT molecular complexity index is 1080. The average molecular weight is 427 g/mol. The van der Waals surface area contributed by atoms with E-state index in [-0.39, 0.29) is 36.1 Å². The molecule has 156 valence electrons. The van der Waals surface area contributed by atoms with Crippen molar-refractivity contribution in [1.29, 1.82) is 0 Å². The van der Waals surface area contributed by atoms with Gasteiger partial charge in [0.1, 0.15) is 12.3 Å². The van der Waals surface area contributed by atoms with Crippen LogP contribution in [0.1, 0.15) is 16.8 Å². The Labute approximate surface area is 179 Å². The number of nitrogens with zero attached hydrogens (tertiary/aromatic N) is 2. The first-order valence-electron chi connectivity index (χ1n) is 9.52. The van der Waals surface area contributed by atoms with E-state index in [9.17, 15) is 14.7 Å². The molecule has 7 nitrogen and oxygen atoms in total. The van der Waals surface area contributed by atoms with Gasteiger partial charge in [0.15, 0.2) is 5.82 Å². The summed E-state index contributed by atoms with van der Waals surface area (Å²) in [4.78, 5) is 29.3. The van der Waals surface area contributed by atoms with Crippen molar-refractivity contribution in [2.75, 3.05) is 11.9 Å². The molecule has 1 amide bonds. The topological polar surface area (TPSA) is 96.2 Å². The minimum Gasteiger partial charge on any atom is -0.508 e. The molecule has 0 aliphatic rings. The quantitative estimate of drug-likeness (QED) is 0.514. The van der Waals surface area contributed by atoms with Gasteiger partial charge in [-0.1, -0.05) is 41.9 Å². The van der Waals surface area contributed by atoms with Crippen LogP contribution in [0.4, 0.5) is 5.82 Å². The molecule has 1 heterocycles. The van der Waals surface area contributed by atoms with Crippen LogP contribution in [0.5, 0.6) is 5.75 Å². The third-order valence-electron chi connectivity index (χ3n) is 4.62. The lowest BCUT2D eigenvalue weighted by Crippen LogP contribution is -2.34. The molecule has 2 aromatic carbocycles. The Hall–Kier alpha value is -3.32. The zero-order chi connectivity index (χ0) is 21.5. The van der Waals surface area contributed by atoms with Gasteiger partial charge in [-0.2, -0.15) is 0 Å². The van der Waals surface area contributed by atoms with E-state index in [0.717, 1.165) is 12.0 Å². The Morgan fingerprint density at radius 1 is 1.20 bits per heavy atom. The van der Waals surface area contributed by atoms with Crippen molar-refractivity contribution in [1.82, 2.24) is 14.9 Å². The van der Waals surface area contributed by atoms with E-state index in [4.69, 9.17) is 11.6 Å². The van der Waals surface area contributed by atoms with Crippen LogP contribution in [0.2, 0.25) is 5.02 Å². The summed E-state index contributed by atoms with van der Waals surface area (Å²) in [5.41, 5.74) is 1.87. The fourth-order valence-corrected chi connectivity index (χ4v) is 3.14. The van der Waals surface area contributed by atoms with Gasteiger partial charge in [-0.05, 0) is 37.1 Å². The summed E-state index contributed by atoms with van der Waals surface area (Å²) in [6, 6.07) is 14.5. The first-order chi connectivity index (χ1) is 14.4. The molecule has 3 aromatic rings. The van der Waals surface area contributed by atoms with Crippen molar-refractivity contribution < 1.29 is 9.90 Å². The number of hydrogen-bond donors (Lipinski definition) is 3. The Balaban J connectivity index is 1.62. The smallest absolute Gasteiger partial charge is 0.293 e. The summed E-state index contributed by atoms with van der Waals surface area (Å²) in [5, 5.41) is 16.1. The zero-order valence-electron chi connectivity index (χ0n) is 16.6.